The van der Waals surface area contributed by atoms with E-state index >= 15 is 0 Å². The van der Waals surface area contributed by atoms with E-state index in [1.54, 1.807) is 42.5 Å². The monoisotopic (exact) mass is 468 g/mol. The number of rotatable bonds is 8. The van der Waals surface area contributed by atoms with Gasteiger partial charge in [-0.25, -0.2) is 13.2 Å². The Hall–Kier alpha value is -2.59. The molecule has 4 N–H and O–H groups in total. The fraction of sp³-hybridized carbons (Fsp3) is 0.222. The lowest BCUT2D eigenvalue weighted by Gasteiger charge is -2.12. The summed E-state index contributed by atoms with van der Waals surface area (Å²) in [5, 5.41) is 7.99. The highest BCUT2D eigenvalue weighted by Gasteiger charge is 2.09. The second-order valence-electron chi connectivity index (χ2n) is 5.91. The summed E-state index contributed by atoms with van der Waals surface area (Å²) in [6, 6.07) is 13.4. The van der Waals surface area contributed by atoms with Crippen LogP contribution in [0.25, 0.3) is 0 Å². The molecule has 0 heterocycles. The largest absolute Gasteiger partial charge is 0.350 e. The second-order valence-corrected chi connectivity index (χ2v) is 8.57. The van der Waals surface area contributed by atoms with Crippen molar-refractivity contribution < 1.29 is 18.0 Å². The highest BCUT2D eigenvalue weighted by atomic mass is 79.9. The molecule has 0 spiro atoms. The van der Waals surface area contributed by atoms with Crippen LogP contribution in [0.5, 0.6) is 0 Å². The van der Waals surface area contributed by atoms with E-state index in [0.29, 0.717) is 16.8 Å². The number of halogens is 1. The maximum Gasteiger partial charge on any atom is 0.315 e. The molecule has 0 bridgehead atoms. The highest BCUT2D eigenvalue weighted by Crippen LogP contribution is 2.15. The average Bonchev–Trinajstić information content (AvgIpc) is 2.63. The van der Waals surface area contributed by atoms with Gasteiger partial charge in [0.2, 0.25) is 10.0 Å². The van der Waals surface area contributed by atoms with Crippen LogP contribution >= 0.6 is 15.9 Å². The number of amides is 3. The maximum absolute atomic E-state index is 12.0. The van der Waals surface area contributed by atoms with Gasteiger partial charge >= 0.3 is 6.03 Å². The molecule has 0 aliphatic carbocycles. The van der Waals surface area contributed by atoms with Gasteiger partial charge in [0.1, 0.15) is 0 Å². The summed E-state index contributed by atoms with van der Waals surface area (Å²) >= 11 is 3.31. The Labute approximate surface area is 172 Å². The van der Waals surface area contributed by atoms with Gasteiger partial charge in [-0.05, 0) is 29.8 Å². The number of hydrogen-bond donors (Lipinski definition) is 4. The lowest BCUT2D eigenvalue weighted by molar-refractivity contribution is 0.0953. The summed E-state index contributed by atoms with van der Waals surface area (Å²) in [7, 11) is -3.41. The van der Waals surface area contributed by atoms with E-state index in [9.17, 15) is 18.0 Å². The van der Waals surface area contributed by atoms with Crippen LogP contribution in [-0.2, 0) is 16.6 Å². The fourth-order valence-corrected chi connectivity index (χ4v) is 3.29. The molecule has 28 heavy (non-hydrogen) atoms. The molecule has 8 nitrogen and oxygen atoms in total. The van der Waals surface area contributed by atoms with E-state index in [-0.39, 0.29) is 25.5 Å². The summed E-state index contributed by atoms with van der Waals surface area (Å²) in [5.41, 5.74) is 1.56. The summed E-state index contributed by atoms with van der Waals surface area (Å²) < 4.78 is 26.0. The van der Waals surface area contributed by atoms with Crippen molar-refractivity contribution in [3.63, 3.8) is 0 Å². The Morgan fingerprint density at radius 3 is 2.39 bits per heavy atom. The number of sulfonamides is 1. The molecular formula is C18H21BrN4O4S. The van der Waals surface area contributed by atoms with Crippen LogP contribution in [-0.4, -0.2) is 39.7 Å². The lowest BCUT2D eigenvalue weighted by Crippen LogP contribution is -2.40. The third kappa shape index (κ3) is 7.57. The van der Waals surface area contributed by atoms with Gasteiger partial charge in [-0.1, -0.05) is 40.2 Å². The summed E-state index contributed by atoms with van der Waals surface area (Å²) in [5.74, 6) is -0.232. The number of nitrogens with one attached hydrogen (secondary N) is 4. The van der Waals surface area contributed by atoms with Crippen LogP contribution in [0.2, 0.25) is 0 Å². The maximum atomic E-state index is 12.0. The molecule has 2 rings (SSSR count). The minimum Gasteiger partial charge on any atom is -0.350 e. The number of carbonyl (C=O) groups is 2. The molecule has 150 valence electrons. The summed E-state index contributed by atoms with van der Waals surface area (Å²) in [6.45, 7) is 0.661. The van der Waals surface area contributed by atoms with Gasteiger partial charge in [-0.15, -0.1) is 0 Å². The Balaban J connectivity index is 1.74. The lowest BCUT2D eigenvalue weighted by atomic mass is 10.2. The smallest absolute Gasteiger partial charge is 0.315 e. The van der Waals surface area contributed by atoms with Crippen LogP contribution in [0, 0.1) is 0 Å². The topological polar surface area (TPSA) is 116 Å². The van der Waals surface area contributed by atoms with E-state index in [1.807, 2.05) is 6.07 Å². The van der Waals surface area contributed by atoms with Crippen molar-refractivity contribution in [1.82, 2.24) is 16.0 Å². The molecule has 0 radical (unpaired) electrons. The number of benzene rings is 2. The van der Waals surface area contributed by atoms with Gasteiger partial charge in [0, 0.05) is 29.7 Å². The van der Waals surface area contributed by atoms with Gasteiger partial charge in [-0.2, -0.15) is 0 Å². The summed E-state index contributed by atoms with van der Waals surface area (Å²) in [4.78, 5) is 23.9. The first-order chi connectivity index (χ1) is 13.2. The number of para-hydroxylation sites is 1. The Morgan fingerprint density at radius 2 is 1.68 bits per heavy atom. The SMILES string of the molecule is CS(=O)(=O)Nc1ccccc1CNC(=O)NCCNC(=O)c1cccc(Br)c1. The van der Waals surface area contributed by atoms with Crippen molar-refractivity contribution in [3.05, 3.63) is 64.1 Å². The van der Waals surface area contributed by atoms with Crippen molar-refractivity contribution in [2.24, 2.45) is 0 Å². The first kappa shape index (κ1) is 21.7. The molecule has 0 aliphatic heterocycles. The Bertz CT molecular complexity index is 950. The molecule has 3 amide bonds. The van der Waals surface area contributed by atoms with Gasteiger partial charge in [0.05, 0.1) is 11.9 Å². The standard InChI is InChI=1S/C18H21BrN4O4S/c1-28(26,27)23-16-8-3-2-5-14(16)12-22-18(25)21-10-9-20-17(24)13-6-4-7-15(19)11-13/h2-8,11,23H,9-10,12H2,1H3,(H,20,24)(H2,21,22,25). The molecule has 0 atom stereocenters. The number of urea groups is 1. The van der Waals surface area contributed by atoms with Crippen LogP contribution in [0.3, 0.4) is 0 Å². The van der Waals surface area contributed by atoms with Gasteiger partial charge < -0.3 is 16.0 Å². The van der Waals surface area contributed by atoms with E-state index < -0.39 is 16.1 Å². The molecule has 0 unspecified atom stereocenters. The quantitative estimate of drug-likeness (QED) is 0.443. The zero-order valence-electron chi connectivity index (χ0n) is 15.2. The number of hydrogen-bond acceptors (Lipinski definition) is 4. The third-order valence-corrected chi connectivity index (χ3v) is 4.62. The highest BCUT2D eigenvalue weighted by molar-refractivity contribution is 9.10. The molecule has 0 saturated carbocycles. The van der Waals surface area contributed by atoms with Gasteiger partial charge in [-0.3, -0.25) is 9.52 Å². The molecule has 0 saturated heterocycles. The summed E-state index contributed by atoms with van der Waals surface area (Å²) in [6.07, 6.45) is 1.06. The van der Waals surface area contributed by atoms with Crippen molar-refractivity contribution >= 4 is 43.6 Å². The van der Waals surface area contributed by atoms with Crippen LogP contribution in [0.4, 0.5) is 10.5 Å². The fourth-order valence-electron chi connectivity index (χ4n) is 2.30. The molecule has 10 heteroatoms. The molecule has 0 fully saturated rings. The average molecular weight is 469 g/mol. The zero-order valence-corrected chi connectivity index (χ0v) is 17.6. The van der Waals surface area contributed by atoms with Crippen molar-refractivity contribution in [3.8, 4) is 0 Å². The van der Waals surface area contributed by atoms with E-state index in [1.165, 1.54) is 0 Å². The molecular weight excluding hydrogens is 448 g/mol. The van der Waals surface area contributed by atoms with Gasteiger partial charge in [0.25, 0.3) is 5.91 Å². The minimum atomic E-state index is -3.41. The van der Waals surface area contributed by atoms with Crippen molar-refractivity contribution in [2.75, 3.05) is 24.1 Å². The van der Waals surface area contributed by atoms with Crippen LogP contribution in [0.15, 0.2) is 53.0 Å². The zero-order chi connectivity index (χ0) is 20.6. The second kappa shape index (κ2) is 10.1. The normalized spacial score (nSPS) is 10.8. The van der Waals surface area contributed by atoms with Crippen LogP contribution in [0.1, 0.15) is 15.9 Å². The van der Waals surface area contributed by atoms with Crippen molar-refractivity contribution in [2.45, 2.75) is 6.54 Å². The first-order valence-corrected chi connectivity index (χ1v) is 11.0. The molecule has 2 aromatic carbocycles. The number of anilines is 1. The van der Waals surface area contributed by atoms with E-state index in [2.05, 4.69) is 36.6 Å². The molecule has 0 aromatic heterocycles. The Morgan fingerprint density at radius 1 is 0.964 bits per heavy atom. The van der Waals surface area contributed by atoms with E-state index in [4.69, 9.17) is 0 Å². The minimum absolute atomic E-state index is 0.148. The van der Waals surface area contributed by atoms with Gasteiger partial charge in [0.15, 0.2) is 0 Å². The third-order valence-electron chi connectivity index (χ3n) is 3.54. The van der Waals surface area contributed by atoms with Crippen LogP contribution < -0.4 is 20.7 Å². The first-order valence-electron chi connectivity index (χ1n) is 8.36. The predicted octanol–water partition coefficient (Wildman–Crippen LogP) is 2.05. The Kier molecular flexibility index (Phi) is 7.82. The van der Waals surface area contributed by atoms with E-state index in [0.717, 1.165) is 10.7 Å². The van der Waals surface area contributed by atoms with Crippen molar-refractivity contribution in [1.29, 1.82) is 0 Å². The molecule has 0 aliphatic rings. The number of carbonyl (C=O) groups excluding carboxylic acids is 2. The predicted molar refractivity (Wildman–Crippen MR) is 112 cm³/mol. The molecule has 2 aromatic rings.